The van der Waals surface area contributed by atoms with Crippen molar-refractivity contribution >= 4 is 23.8 Å². The summed E-state index contributed by atoms with van der Waals surface area (Å²) in [5.41, 5.74) is 0. The highest BCUT2D eigenvalue weighted by atomic mass is 32.2. The van der Waals surface area contributed by atoms with Crippen LogP contribution in [0.15, 0.2) is 0 Å². The molecule has 0 unspecified atom stereocenters. The van der Waals surface area contributed by atoms with E-state index >= 15 is 0 Å². The van der Waals surface area contributed by atoms with E-state index < -0.39 is 5.97 Å². The lowest BCUT2D eigenvalue weighted by Crippen LogP contribution is -2.50. The molecule has 5 nitrogen and oxygen atoms in total. The van der Waals surface area contributed by atoms with Crippen LogP contribution in [0.2, 0.25) is 0 Å². The predicted octanol–water partition coefficient (Wildman–Crippen LogP) is 1.78. The van der Waals surface area contributed by atoms with Crippen molar-refractivity contribution in [3.05, 3.63) is 0 Å². The van der Waals surface area contributed by atoms with Gasteiger partial charge in [0.1, 0.15) is 0 Å². The number of rotatable bonds is 5. The maximum Gasteiger partial charge on any atom is 0.317 e. The monoisotopic (exact) mass is 274 g/mol. The fourth-order valence-electron chi connectivity index (χ4n) is 1.90. The summed E-state index contributed by atoms with van der Waals surface area (Å²) >= 11 is 1.89. The molecule has 1 aliphatic rings. The number of aliphatic carboxylic acids is 1. The van der Waals surface area contributed by atoms with E-state index in [9.17, 15) is 9.59 Å². The highest BCUT2D eigenvalue weighted by Gasteiger charge is 2.29. The first kappa shape index (κ1) is 15.1. The van der Waals surface area contributed by atoms with Crippen LogP contribution >= 0.6 is 11.8 Å². The minimum atomic E-state index is -0.781. The molecule has 0 aromatic heterocycles. The number of thioether (sulfide) groups is 1. The number of hydrogen-bond acceptors (Lipinski definition) is 3. The van der Waals surface area contributed by atoms with Gasteiger partial charge in [-0.3, -0.25) is 4.79 Å². The summed E-state index contributed by atoms with van der Waals surface area (Å²) in [5, 5.41) is 11.3. The lowest BCUT2D eigenvalue weighted by molar-refractivity contribution is -0.137. The number of hydrogen-bond donors (Lipinski definition) is 2. The number of urea groups is 1. The number of amides is 2. The molecule has 0 radical (unpaired) electrons. The van der Waals surface area contributed by atoms with E-state index in [4.69, 9.17) is 5.11 Å². The van der Waals surface area contributed by atoms with Crippen LogP contribution in [0, 0.1) is 0 Å². The summed E-state index contributed by atoms with van der Waals surface area (Å²) in [5.74, 6) is 0.190. The van der Waals surface area contributed by atoms with Crippen LogP contribution in [0.1, 0.15) is 33.1 Å². The van der Waals surface area contributed by atoms with Crippen molar-refractivity contribution < 1.29 is 14.7 Å². The van der Waals surface area contributed by atoms with E-state index in [1.54, 1.807) is 0 Å². The van der Waals surface area contributed by atoms with E-state index in [-0.39, 0.29) is 17.2 Å². The Morgan fingerprint density at radius 1 is 1.39 bits per heavy atom. The van der Waals surface area contributed by atoms with Gasteiger partial charge in [-0.2, -0.15) is 11.8 Å². The number of nitrogens with one attached hydrogen (secondary N) is 1. The quantitative estimate of drug-likeness (QED) is 0.750. The molecule has 1 aliphatic heterocycles. The van der Waals surface area contributed by atoms with Crippen LogP contribution < -0.4 is 5.32 Å². The smallest absolute Gasteiger partial charge is 0.317 e. The van der Waals surface area contributed by atoms with Crippen LogP contribution in [0.25, 0.3) is 0 Å². The summed E-state index contributed by atoms with van der Waals surface area (Å²) in [6.45, 7) is 6.39. The number of carboxylic acid groups (broad SMARTS) is 1. The molecule has 2 N–H and O–H groups in total. The van der Waals surface area contributed by atoms with Crippen molar-refractivity contribution in [2.75, 3.05) is 25.4 Å². The second-order valence-corrected chi connectivity index (χ2v) is 6.91. The van der Waals surface area contributed by atoms with Gasteiger partial charge in [-0.25, -0.2) is 4.79 Å². The Kier molecular flexibility index (Phi) is 5.78. The highest BCUT2D eigenvalue weighted by Crippen LogP contribution is 2.29. The Morgan fingerprint density at radius 2 is 2.11 bits per heavy atom. The molecule has 1 fully saturated rings. The molecule has 0 bridgehead atoms. The summed E-state index contributed by atoms with van der Waals surface area (Å²) in [6.07, 6.45) is 1.49. The van der Waals surface area contributed by atoms with Gasteiger partial charge in [0.05, 0.1) is 0 Å². The summed E-state index contributed by atoms with van der Waals surface area (Å²) in [6, 6.07) is -0.0290. The number of carboxylic acids is 1. The van der Waals surface area contributed by atoms with Gasteiger partial charge in [0.2, 0.25) is 0 Å². The molecule has 0 aromatic rings. The van der Waals surface area contributed by atoms with Crippen LogP contribution in [0.4, 0.5) is 4.79 Å². The zero-order valence-corrected chi connectivity index (χ0v) is 11.9. The van der Waals surface area contributed by atoms with E-state index in [0.29, 0.717) is 19.4 Å². The number of nitrogens with zero attached hydrogens (tertiary/aromatic N) is 1. The number of carbonyl (C=O) groups excluding carboxylic acids is 1. The summed E-state index contributed by atoms with van der Waals surface area (Å²) in [4.78, 5) is 24.0. The zero-order valence-electron chi connectivity index (χ0n) is 11.1. The zero-order chi connectivity index (χ0) is 13.6. The van der Waals surface area contributed by atoms with Gasteiger partial charge in [0, 0.05) is 36.6 Å². The molecule has 2 amide bonds. The maximum atomic E-state index is 11.9. The first-order chi connectivity index (χ1) is 8.41. The topological polar surface area (TPSA) is 69.6 Å². The van der Waals surface area contributed by atoms with Gasteiger partial charge in [-0.15, -0.1) is 0 Å². The van der Waals surface area contributed by atoms with Crippen molar-refractivity contribution in [2.24, 2.45) is 0 Å². The third-order valence-corrected chi connectivity index (χ3v) is 4.10. The summed E-state index contributed by atoms with van der Waals surface area (Å²) < 4.78 is 0.124. The van der Waals surface area contributed by atoms with Crippen molar-refractivity contribution in [1.82, 2.24) is 10.2 Å². The highest BCUT2D eigenvalue weighted by molar-refractivity contribution is 8.00. The second kappa shape index (κ2) is 6.87. The second-order valence-electron chi connectivity index (χ2n) is 5.11. The predicted molar refractivity (Wildman–Crippen MR) is 73.0 cm³/mol. The third-order valence-electron chi connectivity index (χ3n) is 2.81. The van der Waals surface area contributed by atoms with Gasteiger partial charge >= 0.3 is 12.0 Å². The normalized spacial score (nSPS) is 18.4. The lowest BCUT2D eigenvalue weighted by atomic mass is 10.2. The molecule has 1 rings (SSSR count). The van der Waals surface area contributed by atoms with Gasteiger partial charge < -0.3 is 15.3 Å². The Morgan fingerprint density at radius 3 is 2.72 bits per heavy atom. The van der Waals surface area contributed by atoms with Crippen LogP contribution in [0.5, 0.6) is 0 Å². The fraction of sp³-hybridized carbons (Fsp3) is 0.833. The number of carbonyl (C=O) groups is 2. The lowest BCUT2D eigenvalue weighted by Gasteiger charge is -2.37. The van der Waals surface area contributed by atoms with Crippen LogP contribution in [-0.2, 0) is 4.79 Å². The molecule has 1 heterocycles. The largest absolute Gasteiger partial charge is 0.481 e. The molecule has 0 atom stereocenters. The molecule has 0 saturated carbocycles. The minimum absolute atomic E-state index is 0.0290. The van der Waals surface area contributed by atoms with Gasteiger partial charge in [0.25, 0.3) is 0 Å². The Bertz CT molecular complexity index is 308. The Labute approximate surface area is 112 Å². The Balaban J connectivity index is 2.18. The standard InChI is InChI=1S/C12H22N2O3S/c1-12(2)9-14(7-8-18-12)11(17)13-6-4-3-5-10(15)16/h3-9H2,1-2H3,(H,13,17)(H,15,16). The van der Waals surface area contributed by atoms with Gasteiger partial charge in [-0.05, 0) is 26.7 Å². The average molecular weight is 274 g/mol. The number of unbranched alkanes of at least 4 members (excludes halogenated alkanes) is 1. The first-order valence-corrected chi connectivity index (χ1v) is 7.28. The maximum absolute atomic E-state index is 11.9. The Hall–Kier alpha value is -0.910. The van der Waals surface area contributed by atoms with Crippen molar-refractivity contribution in [2.45, 2.75) is 37.9 Å². The molecular weight excluding hydrogens is 252 g/mol. The van der Waals surface area contributed by atoms with E-state index in [1.165, 1.54) is 0 Å². The van der Waals surface area contributed by atoms with Gasteiger partial charge in [0.15, 0.2) is 0 Å². The van der Waals surface area contributed by atoms with Crippen molar-refractivity contribution in [3.63, 3.8) is 0 Å². The van der Waals surface area contributed by atoms with E-state index in [0.717, 1.165) is 18.8 Å². The first-order valence-electron chi connectivity index (χ1n) is 6.29. The third kappa shape index (κ3) is 5.62. The SMILES string of the molecule is CC1(C)CN(C(=O)NCCCCC(=O)O)CCS1. The minimum Gasteiger partial charge on any atom is -0.481 e. The summed E-state index contributed by atoms with van der Waals surface area (Å²) in [7, 11) is 0. The molecule has 0 aromatic carbocycles. The molecule has 0 aliphatic carbocycles. The van der Waals surface area contributed by atoms with Crippen LogP contribution in [0.3, 0.4) is 0 Å². The molecule has 1 saturated heterocycles. The van der Waals surface area contributed by atoms with E-state index in [1.807, 2.05) is 16.7 Å². The molecule has 18 heavy (non-hydrogen) atoms. The molecule has 104 valence electrons. The van der Waals surface area contributed by atoms with Crippen molar-refractivity contribution in [1.29, 1.82) is 0 Å². The van der Waals surface area contributed by atoms with Gasteiger partial charge in [-0.1, -0.05) is 0 Å². The molecular formula is C12H22N2O3S. The molecule has 0 spiro atoms. The van der Waals surface area contributed by atoms with E-state index in [2.05, 4.69) is 19.2 Å². The average Bonchev–Trinajstić information content (AvgIpc) is 2.26. The van der Waals surface area contributed by atoms with Crippen molar-refractivity contribution in [3.8, 4) is 0 Å². The molecule has 6 heteroatoms. The fourth-order valence-corrected chi connectivity index (χ4v) is 3.01. The van der Waals surface area contributed by atoms with Crippen LogP contribution in [-0.4, -0.2) is 52.1 Å².